The van der Waals surface area contributed by atoms with Gasteiger partial charge in [0.15, 0.2) is 0 Å². The van der Waals surface area contributed by atoms with Crippen molar-refractivity contribution >= 4 is 10.2 Å². The highest BCUT2D eigenvalue weighted by molar-refractivity contribution is 7.87. The Morgan fingerprint density at radius 1 is 1.33 bits per heavy atom. The molecule has 1 aromatic rings. The van der Waals surface area contributed by atoms with Gasteiger partial charge in [0.2, 0.25) is 0 Å². The first-order chi connectivity index (χ1) is 9.94. The number of hydrogen-bond acceptors (Lipinski definition) is 3. The van der Waals surface area contributed by atoms with Crippen molar-refractivity contribution < 1.29 is 13.5 Å². The highest BCUT2D eigenvalue weighted by Crippen LogP contribution is 2.21. The van der Waals surface area contributed by atoms with Gasteiger partial charge in [-0.15, -0.1) is 0 Å². The van der Waals surface area contributed by atoms with Crippen LogP contribution in [0, 0.1) is 12.8 Å². The Bertz CT molecular complexity index is 566. The van der Waals surface area contributed by atoms with Crippen LogP contribution in [0.5, 0.6) is 0 Å². The zero-order valence-corrected chi connectivity index (χ0v) is 13.4. The van der Waals surface area contributed by atoms with Crippen molar-refractivity contribution in [2.75, 3.05) is 19.7 Å². The van der Waals surface area contributed by atoms with E-state index in [0.717, 1.165) is 24.0 Å². The molecule has 1 saturated heterocycles. The number of piperidine rings is 1. The maximum absolute atomic E-state index is 12.4. The zero-order chi connectivity index (χ0) is 15.5. The molecule has 1 aliphatic heterocycles. The summed E-state index contributed by atoms with van der Waals surface area (Å²) in [6.45, 7) is 4.93. The minimum Gasteiger partial charge on any atom is -0.396 e. The van der Waals surface area contributed by atoms with E-state index in [0.29, 0.717) is 13.1 Å². The number of benzene rings is 1. The first kappa shape index (κ1) is 16.4. The molecule has 5 nitrogen and oxygen atoms in total. The molecule has 1 atom stereocenters. The van der Waals surface area contributed by atoms with E-state index in [1.54, 1.807) is 0 Å². The quantitative estimate of drug-likeness (QED) is 0.867. The van der Waals surface area contributed by atoms with Crippen LogP contribution in [0.4, 0.5) is 0 Å². The van der Waals surface area contributed by atoms with Gasteiger partial charge >= 0.3 is 0 Å². The first-order valence-corrected chi connectivity index (χ1v) is 8.82. The average Bonchev–Trinajstić information content (AvgIpc) is 2.47. The lowest BCUT2D eigenvalue weighted by Gasteiger charge is -2.31. The lowest BCUT2D eigenvalue weighted by Crippen LogP contribution is -2.46. The monoisotopic (exact) mass is 312 g/mol. The highest BCUT2D eigenvalue weighted by Gasteiger charge is 2.29. The fraction of sp³-hybridized carbons (Fsp3) is 0.600. The van der Waals surface area contributed by atoms with Crippen molar-refractivity contribution in [3.63, 3.8) is 0 Å². The maximum Gasteiger partial charge on any atom is 0.279 e. The molecule has 1 unspecified atom stereocenters. The fourth-order valence-electron chi connectivity index (χ4n) is 2.77. The molecule has 1 heterocycles. The van der Waals surface area contributed by atoms with Crippen LogP contribution in [0.15, 0.2) is 24.3 Å². The van der Waals surface area contributed by atoms with Crippen LogP contribution >= 0.6 is 0 Å². The van der Waals surface area contributed by atoms with Gasteiger partial charge in [-0.2, -0.15) is 17.4 Å². The van der Waals surface area contributed by atoms with E-state index in [4.69, 9.17) is 5.11 Å². The number of aliphatic hydroxyl groups excluding tert-OH is 1. The molecule has 1 aromatic carbocycles. The molecule has 0 spiro atoms. The molecule has 2 rings (SSSR count). The third-order valence-electron chi connectivity index (χ3n) is 4.15. The summed E-state index contributed by atoms with van der Waals surface area (Å²) in [5, 5.41) is 9.12. The van der Waals surface area contributed by atoms with E-state index in [9.17, 15) is 8.42 Å². The summed E-state index contributed by atoms with van der Waals surface area (Å²) < 4.78 is 29.1. The lowest BCUT2D eigenvalue weighted by atomic mass is 10.00. The molecule has 0 radical (unpaired) electrons. The Hall–Kier alpha value is -0.950. The Kier molecular flexibility index (Phi) is 5.37. The van der Waals surface area contributed by atoms with Crippen LogP contribution in [-0.4, -0.2) is 37.5 Å². The van der Waals surface area contributed by atoms with E-state index in [2.05, 4.69) is 4.72 Å². The second-order valence-corrected chi connectivity index (χ2v) is 7.43. The van der Waals surface area contributed by atoms with Gasteiger partial charge in [-0.25, -0.2) is 0 Å². The standard InChI is InChI=1S/C15H24N2O3S/c1-12-5-3-4-6-15(12)13(2)16-21(19,20)17-9-7-14(11-18)8-10-17/h3-6,13-14,16,18H,7-11H2,1-2H3. The van der Waals surface area contributed by atoms with Gasteiger partial charge in [-0.3, -0.25) is 0 Å². The van der Waals surface area contributed by atoms with Gasteiger partial charge in [0.25, 0.3) is 10.2 Å². The van der Waals surface area contributed by atoms with Crippen molar-refractivity contribution in [3.05, 3.63) is 35.4 Å². The van der Waals surface area contributed by atoms with Crippen molar-refractivity contribution in [2.45, 2.75) is 32.7 Å². The summed E-state index contributed by atoms with van der Waals surface area (Å²) >= 11 is 0. The largest absolute Gasteiger partial charge is 0.396 e. The van der Waals surface area contributed by atoms with E-state index in [-0.39, 0.29) is 18.6 Å². The highest BCUT2D eigenvalue weighted by atomic mass is 32.2. The van der Waals surface area contributed by atoms with Crippen LogP contribution in [0.25, 0.3) is 0 Å². The molecule has 0 aromatic heterocycles. The van der Waals surface area contributed by atoms with Crippen LogP contribution < -0.4 is 4.72 Å². The van der Waals surface area contributed by atoms with Crippen LogP contribution in [-0.2, 0) is 10.2 Å². The van der Waals surface area contributed by atoms with E-state index in [1.165, 1.54) is 4.31 Å². The number of rotatable bonds is 5. The molecule has 1 aliphatic rings. The number of hydrogen-bond donors (Lipinski definition) is 2. The number of aliphatic hydroxyl groups is 1. The Morgan fingerprint density at radius 2 is 1.95 bits per heavy atom. The molecular formula is C15H24N2O3S. The smallest absolute Gasteiger partial charge is 0.279 e. The summed E-state index contributed by atoms with van der Waals surface area (Å²) in [4.78, 5) is 0. The van der Waals surface area contributed by atoms with Crippen LogP contribution in [0.1, 0.15) is 36.9 Å². The van der Waals surface area contributed by atoms with Gasteiger partial charge in [-0.05, 0) is 43.7 Å². The molecule has 118 valence electrons. The summed E-state index contributed by atoms with van der Waals surface area (Å²) in [5.41, 5.74) is 2.07. The molecule has 0 aliphatic carbocycles. The van der Waals surface area contributed by atoms with E-state index >= 15 is 0 Å². The molecule has 1 fully saturated rings. The lowest BCUT2D eigenvalue weighted by molar-refractivity contribution is 0.169. The average molecular weight is 312 g/mol. The van der Waals surface area contributed by atoms with Gasteiger partial charge in [0.05, 0.1) is 0 Å². The fourth-order valence-corrected chi connectivity index (χ4v) is 4.18. The second-order valence-electron chi connectivity index (χ2n) is 5.73. The third kappa shape index (κ3) is 4.03. The molecule has 21 heavy (non-hydrogen) atoms. The Balaban J connectivity index is 2.03. The Labute approximate surface area is 127 Å². The molecule has 0 amide bonds. The van der Waals surface area contributed by atoms with Gasteiger partial charge in [0.1, 0.15) is 0 Å². The van der Waals surface area contributed by atoms with Crippen LogP contribution in [0.2, 0.25) is 0 Å². The third-order valence-corrected chi connectivity index (χ3v) is 5.85. The second kappa shape index (κ2) is 6.87. The molecule has 0 saturated carbocycles. The first-order valence-electron chi connectivity index (χ1n) is 7.38. The van der Waals surface area contributed by atoms with Crippen LogP contribution in [0.3, 0.4) is 0 Å². The normalized spacial score (nSPS) is 19.6. The van der Waals surface area contributed by atoms with Crippen molar-refractivity contribution in [3.8, 4) is 0 Å². The molecular weight excluding hydrogens is 288 g/mol. The topological polar surface area (TPSA) is 69.6 Å². The van der Waals surface area contributed by atoms with Gasteiger partial charge in [0, 0.05) is 25.7 Å². The summed E-state index contributed by atoms with van der Waals surface area (Å²) in [5.74, 6) is 0.227. The molecule has 0 bridgehead atoms. The Morgan fingerprint density at radius 3 is 2.52 bits per heavy atom. The molecule has 2 N–H and O–H groups in total. The predicted molar refractivity (Wildman–Crippen MR) is 83.0 cm³/mol. The van der Waals surface area contributed by atoms with Crippen molar-refractivity contribution in [1.82, 2.24) is 9.03 Å². The van der Waals surface area contributed by atoms with E-state index < -0.39 is 10.2 Å². The SMILES string of the molecule is Cc1ccccc1C(C)NS(=O)(=O)N1CCC(CO)CC1. The van der Waals surface area contributed by atoms with Crippen molar-refractivity contribution in [2.24, 2.45) is 5.92 Å². The number of nitrogens with one attached hydrogen (secondary N) is 1. The van der Waals surface area contributed by atoms with E-state index in [1.807, 2.05) is 38.1 Å². The minimum absolute atomic E-state index is 0.140. The zero-order valence-electron chi connectivity index (χ0n) is 12.6. The number of aryl methyl sites for hydroxylation is 1. The number of nitrogens with zero attached hydrogens (tertiary/aromatic N) is 1. The predicted octanol–water partition coefficient (Wildman–Crippen LogP) is 1.59. The molecule has 6 heteroatoms. The minimum atomic E-state index is -3.48. The van der Waals surface area contributed by atoms with Crippen molar-refractivity contribution in [1.29, 1.82) is 0 Å². The van der Waals surface area contributed by atoms with Gasteiger partial charge in [-0.1, -0.05) is 24.3 Å². The maximum atomic E-state index is 12.4. The summed E-state index contributed by atoms with van der Waals surface area (Å²) in [6, 6.07) is 7.53. The summed E-state index contributed by atoms with van der Waals surface area (Å²) in [7, 11) is -3.48. The van der Waals surface area contributed by atoms with Gasteiger partial charge < -0.3 is 5.11 Å². The summed E-state index contributed by atoms with van der Waals surface area (Å²) in [6.07, 6.45) is 1.44.